The molecule has 188 valence electrons. The first-order valence-corrected chi connectivity index (χ1v) is 12.8. The molecule has 1 aliphatic rings. The Balaban J connectivity index is 1.32. The van der Waals surface area contributed by atoms with Gasteiger partial charge in [-0.15, -0.1) is 0 Å². The highest BCUT2D eigenvalue weighted by Crippen LogP contribution is 2.31. The number of nitrogens with zero attached hydrogens (tertiary/aromatic N) is 1. The fraction of sp³-hybridized carbons (Fsp3) is 0.483. The fourth-order valence-corrected chi connectivity index (χ4v) is 4.16. The molecule has 1 aromatic heterocycles. The fourth-order valence-electron chi connectivity index (χ4n) is 4.16. The van der Waals surface area contributed by atoms with Crippen molar-refractivity contribution in [2.75, 3.05) is 39.6 Å². The molecule has 6 nitrogen and oxygen atoms in total. The number of benzene rings is 2. The molecule has 0 spiro atoms. The first-order chi connectivity index (χ1) is 17.2. The molecule has 2 heterocycles. The maximum absolute atomic E-state index is 6.17. The molecule has 0 amide bonds. The molecule has 0 unspecified atom stereocenters. The summed E-state index contributed by atoms with van der Waals surface area (Å²) >= 11 is 0. The molecule has 0 radical (unpaired) electrons. The van der Waals surface area contributed by atoms with Crippen LogP contribution in [0, 0.1) is 12.8 Å². The van der Waals surface area contributed by atoms with Crippen LogP contribution in [0.3, 0.4) is 0 Å². The molecule has 0 atom stereocenters. The lowest BCUT2D eigenvalue weighted by Gasteiger charge is -2.21. The van der Waals surface area contributed by atoms with Gasteiger partial charge in [0.1, 0.15) is 30.5 Å². The second-order valence-corrected chi connectivity index (χ2v) is 8.97. The summed E-state index contributed by atoms with van der Waals surface area (Å²) in [6, 6.07) is 15.8. The number of hydrogen-bond donors (Lipinski definition) is 0. The molecule has 35 heavy (non-hydrogen) atoms. The summed E-state index contributed by atoms with van der Waals surface area (Å²) < 4.78 is 29.3. The van der Waals surface area contributed by atoms with E-state index in [1.807, 2.05) is 42.5 Å². The summed E-state index contributed by atoms with van der Waals surface area (Å²) in [5.74, 6) is 3.02. The first-order valence-electron chi connectivity index (χ1n) is 12.8. The molecule has 1 aliphatic heterocycles. The van der Waals surface area contributed by atoms with E-state index in [1.165, 1.54) is 0 Å². The summed E-state index contributed by atoms with van der Waals surface area (Å²) in [6.07, 6.45) is 4.28. The van der Waals surface area contributed by atoms with Crippen LogP contribution in [-0.2, 0) is 16.1 Å². The number of hydrogen-bond acceptors (Lipinski definition) is 6. The number of aromatic nitrogens is 1. The Morgan fingerprint density at radius 3 is 2.54 bits per heavy atom. The molecule has 2 aromatic carbocycles. The summed E-state index contributed by atoms with van der Waals surface area (Å²) in [7, 11) is 0. The third-order valence-electron chi connectivity index (χ3n) is 6.29. The zero-order chi connectivity index (χ0) is 24.3. The number of pyridine rings is 1. The largest absolute Gasteiger partial charge is 0.493 e. The minimum atomic E-state index is 0.360. The lowest BCUT2D eigenvalue weighted by atomic mass is 10.0. The third-order valence-corrected chi connectivity index (χ3v) is 6.29. The normalized spacial score (nSPS) is 14.2. The van der Waals surface area contributed by atoms with Crippen molar-refractivity contribution in [3.05, 3.63) is 59.8 Å². The number of fused-ring (bicyclic) bond motifs is 1. The smallest absolute Gasteiger partial charge is 0.133 e. The van der Waals surface area contributed by atoms with Gasteiger partial charge in [0.2, 0.25) is 0 Å². The van der Waals surface area contributed by atoms with Crippen molar-refractivity contribution < 1.29 is 23.7 Å². The van der Waals surface area contributed by atoms with Crippen LogP contribution in [0.15, 0.2) is 48.5 Å². The van der Waals surface area contributed by atoms with Crippen molar-refractivity contribution in [3.63, 3.8) is 0 Å². The Kier molecular flexibility index (Phi) is 9.61. The van der Waals surface area contributed by atoms with Crippen molar-refractivity contribution in [1.29, 1.82) is 0 Å². The Labute approximate surface area is 208 Å². The van der Waals surface area contributed by atoms with Crippen LogP contribution >= 0.6 is 0 Å². The van der Waals surface area contributed by atoms with E-state index in [9.17, 15) is 0 Å². The lowest BCUT2D eigenvalue weighted by molar-refractivity contribution is 0.0139. The quantitative estimate of drug-likeness (QED) is 0.275. The van der Waals surface area contributed by atoms with E-state index >= 15 is 0 Å². The summed E-state index contributed by atoms with van der Waals surface area (Å²) in [5.41, 5.74) is 2.82. The maximum atomic E-state index is 6.17. The molecule has 4 rings (SSSR count). The van der Waals surface area contributed by atoms with E-state index < -0.39 is 0 Å². The van der Waals surface area contributed by atoms with Crippen LogP contribution in [0.5, 0.6) is 17.2 Å². The van der Waals surface area contributed by atoms with Gasteiger partial charge in [0, 0.05) is 36.8 Å². The Hall–Kier alpha value is -2.83. The Morgan fingerprint density at radius 1 is 0.914 bits per heavy atom. The molecule has 0 saturated carbocycles. The molecule has 1 fully saturated rings. The highest BCUT2D eigenvalue weighted by molar-refractivity contribution is 5.86. The minimum absolute atomic E-state index is 0.360. The van der Waals surface area contributed by atoms with Gasteiger partial charge in [-0.05, 0) is 56.4 Å². The van der Waals surface area contributed by atoms with Gasteiger partial charge < -0.3 is 23.7 Å². The van der Waals surface area contributed by atoms with Crippen molar-refractivity contribution >= 4 is 10.9 Å². The zero-order valence-electron chi connectivity index (χ0n) is 21.0. The summed E-state index contributed by atoms with van der Waals surface area (Å²) in [5, 5.41) is 1.04. The topological polar surface area (TPSA) is 59.0 Å². The zero-order valence-corrected chi connectivity index (χ0v) is 21.0. The van der Waals surface area contributed by atoms with Crippen LogP contribution in [0.25, 0.3) is 10.9 Å². The van der Waals surface area contributed by atoms with Crippen molar-refractivity contribution in [2.45, 2.75) is 46.1 Å². The molecular formula is C29H37NO5. The van der Waals surface area contributed by atoms with Gasteiger partial charge in [-0.1, -0.05) is 31.5 Å². The van der Waals surface area contributed by atoms with Crippen molar-refractivity contribution in [1.82, 2.24) is 4.98 Å². The average Bonchev–Trinajstić information content (AvgIpc) is 2.89. The van der Waals surface area contributed by atoms with Gasteiger partial charge >= 0.3 is 0 Å². The highest BCUT2D eigenvalue weighted by Gasteiger charge is 2.15. The van der Waals surface area contributed by atoms with Gasteiger partial charge in [0.05, 0.1) is 24.4 Å². The molecule has 3 aromatic rings. The summed E-state index contributed by atoms with van der Waals surface area (Å²) in [6.45, 7) is 8.83. The standard InChI is InChI=1S/C29H37NO5/c1-3-4-14-34-29-22(2)28(30-27-11-6-5-10-26(27)29)21-35-25-9-7-8-24(19-25)33-18-17-32-20-23-12-15-31-16-13-23/h5-11,19,23H,3-4,12-18,20-21H2,1-2H3. The number of para-hydroxylation sites is 1. The second kappa shape index (κ2) is 13.3. The van der Waals surface area contributed by atoms with Crippen molar-refractivity contribution in [2.24, 2.45) is 5.92 Å². The lowest BCUT2D eigenvalue weighted by Crippen LogP contribution is -2.21. The molecule has 0 aliphatic carbocycles. The number of ether oxygens (including phenoxy) is 5. The van der Waals surface area contributed by atoms with Crippen LogP contribution in [0.1, 0.15) is 43.9 Å². The van der Waals surface area contributed by atoms with Crippen LogP contribution < -0.4 is 14.2 Å². The number of unbranched alkanes of at least 4 members (excludes halogenated alkanes) is 1. The van der Waals surface area contributed by atoms with E-state index in [2.05, 4.69) is 19.9 Å². The van der Waals surface area contributed by atoms with Gasteiger partial charge in [-0.3, -0.25) is 0 Å². The van der Waals surface area contributed by atoms with Gasteiger partial charge in [0.25, 0.3) is 0 Å². The predicted molar refractivity (Wildman–Crippen MR) is 138 cm³/mol. The molecule has 0 N–H and O–H groups in total. The van der Waals surface area contributed by atoms with Crippen LogP contribution in [-0.4, -0.2) is 44.6 Å². The molecule has 6 heteroatoms. The SMILES string of the molecule is CCCCOc1c(C)c(COc2cccc(OCCOCC3CCOCC3)c2)nc2ccccc12. The van der Waals surface area contributed by atoms with Crippen LogP contribution in [0.2, 0.25) is 0 Å². The van der Waals surface area contributed by atoms with E-state index in [1.54, 1.807) is 0 Å². The molecule has 0 bridgehead atoms. The first kappa shape index (κ1) is 25.3. The van der Waals surface area contributed by atoms with E-state index in [0.29, 0.717) is 32.3 Å². The van der Waals surface area contributed by atoms with Gasteiger partial charge in [0.15, 0.2) is 0 Å². The third kappa shape index (κ3) is 7.33. The van der Waals surface area contributed by atoms with E-state index in [-0.39, 0.29) is 0 Å². The highest BCUT2D eigenvalue weighted by atomic mass is 16.5. The van der Waals surface area contributed by atoms with Gasteiger partial charge in [-0.2, -0.15) is 0 Å². The van der Waals surface area contributed by atoms with Gasteiger partial charge in [-0.25, -0.2) is 4.98 Å². The Bertz CT molecular complexity index is 1060. The number of rotatable bonds is 13. The second-order valence-electron chi connectivity index (χ2n) is 8.97. The van der Waals surface area contributed by atoms with Crippen LogP contribution in [0.4, 0.5) is 0 Å². The molecule has 1 saturated heterocycles. The predicted octanol–water partition coefficient (Wildman–Crippen LogP) is 6.12. The maximum Gasteiger partial charge on any atom is 0.133 e. The average molecular weight is 480 g/mol. The van der Waals surface area contributed by atoms with E-state index in [0.717, 1.165) is 84.9 Å². The Morgan fingerprint density at radius 2 is 1.71 bits per heavy atom. The van der Waals surface area contributed by atoms with Crippen molar-refractivity contribution in [3.8, 4) is 17.2 Å². The molecular weight excluding hydrogens is 442 g/mol. The summed E-state index contributed by atoms with van der Waals surface area (Å²) in [4.78, 5) is 4.85. The monoisotopic (exact) mass is 479 g/mol. The van der Waals surface area contributed by atoms with E-state index in [4.69, 9.17) is 28.7 Å². The minimum Gasteiger partial charge on any atom is -0.493 e.